The fourth-order valence-corrected chi connectivity index (χ4v) is 2.81. The first-order valence-electron chi connectivity index (χ1n) is 7.59. The van der Waals surface area contributed by atoms with Gasteiger partial charge < -0.3 is 20.4 Å². The minimum atomic E-state index is -0.289. The average molecular weight is 350 g/mol. The first-order valence-corrected chi connectivity index (χ1v) is 7.59. The van der Waals surface area contributed by atoms with Gasteiger partial charge in [0.25, 0.3) is 5.91 Å². The van der Waals surface area contributed by atoms with E-state index >= 15 is 0 Å². The molecule has 2 aromatic rings. The van der Waals surface area contributed by atoms with Gasteiger partial charge in [0.15, 0.2) is 0 Å². The number of amides is 2. The molecule has 1 aromatic carbocycles. The van der Waals surface area contributed by atoms with Crippen molar-refractivity contribution in [3.05, 3.63) is 59.5 Å². The lowest BCUT2D eigenvalue weighted by Crippen LogP contribution is -2.36. The molecule has 7 heteroatoms. The fraction of sp³-hybridized carbons (Fsp3) is 0.294. The molecule has 0 aliphatic carbocycles. The minimum absolute atomic E-state index is 0. The van der Waals surface area contributed by atoms with Crippen molar-refractivity contribution < 1.29 is 14.0 Å². The monoisotopic (exact) mass is 349 g/mol. The summed E-state index contributed by atoms with van der Waals surface area (Å²) in [7, 11) is 0. The van der Waals surface area contributed by atoms with Gasteiger partial charge in [-0.05, 0) is 11.6 Å². The summed E-state index contributed by atoms with van der Waals surface area (Å²) in [6.45, 7) is 1.14. The molecule has 0 saturated carbocycles. The van der Waals surface area contributed by atoms with Gasteiger partial charge in [-0.2, -0.15) is 0 Å². The Bertz CT molecular complexity index is 702. The number of halogens is 1. The molecule has 2 amide bonds. The van der Waals surface area contributed by atoms with Gasteiger partial charge in [0.1, 0.15) is 12.0 Å². The molecule has 3 rings (SSSR count). The maximum absolute atomic E-state index is 12.9. The summed E-state index contributed by atoms with van der Waals surface area (Å²) in [5.41, 5.74) is 6.93. The summed E-state index contributed by atoms with van der Waals surface area (Å²) in [6, 6.07) is 11.0. The molecule has 0 bridgehead atoms. The maximum Gasteiger partial charge on any atom is 0.257 e. The molecular weight excluding hydrogens is 330 g/mol. The molecule has 2 heterocycles. The number of hydrogen-bond donors (Lipinski definition) is 2. The Morgan fingerprint density at radius 1 is 1.33 bits per heavy atom. The predicted molar refractivity (Wildman–Crippen MR) is 91.7 cm³/mol. The number of rotatable bonds is 3. The van der Waals surface area contributed by atoms with Crippen molar-refractivity contribution in [2.75, 3.05) is 13.1 Å². The van der Waals surface area contributed by atoms with Crippen LogP contribution < -0.4 is 11.1 Å². The highest BCUT2D eigenvalue weighted by Crippen LogP contribution is 2.27. The first kappa shape index (κ1) is 18.0. The lowest BCUT2D eigenvalue weighted by Gasteiger charge is -2.29. The van der Waals surface area contributed by atoms with E-state index in [-0.39, 0.29) is 43.2 Å². The molecule has 1 aromatic heterocycles. The Labute approximate surface area is 146 Å². The standard InChI is InChI=1S/C17H19N3O3.ClH/c18-10-14-8-13(11-23-14)17(22)20-7-6-19-16(21)9-15(20)12-4-2-1-3-5-12;/h1-5,8,11,15H,6-7,9-10,18H2,(H,19,21);1H. The topological polar surface area (TPSA) is 88.6 Å². The van der Waals surface area contributed by atoms with E-state index in [9.17, 15) is 9.59 Å². The van der Waals surface area contributed by atoms with Crippen molar-refractivity contribution in [1.82, 2.24) is 10.2 Å². The number of furan rings is 1. The first-order chi connectivity index (χ1) is 11.2. The van der Waals surface area contributed by atoms with E-state index in [1.54, 1.807) is 11.0 Å². The van der Waals surface area contributed by atoms with E-state index in [0.717, 1.165) is 5.56 Å². The number of nitrogens with zero attached hydrogens (tertiary/aromatic N) is 1. The number of nitrogens with one attached hydrogen (secondary N) is 1. The highest BCUT2D eigenvalue weighted by atomic mass is 35.5. The Kier molecular flexibility index (Phi) is 6.00. The number of carbonyl (C=O) groups excluding carboxylic acids is 2. The number of carbonyl (C=O) groups is 2. The van der Waals surface area contributed by atoms with Crippen molar-refractivity contribution in [3.8, 4) is 0 Å². The number of hydrogen-bond acceptors (Lipinski definition) is 4. The second-order valence-electron chi connectivity index (χ2n) is 5.48. The largest absolute Gasteiger partial charge is 0.467 e. The minimum Gasteiger partial charge on any atom is -0.467 e. The molecule has 1 fully saturated rings. The van der Waals surface area contributed by atoms with Gasteiger partial charge in [-0.1, -0.05) is 30.3 Å². The van der Waals surface area contributed by atoms with Crippen molar-refractivity contribution in [3.63, 3.8) is 0 Å². The highest BCUT2D eigenvalue weighted by Gasteiger charge is 2.30. The highest BCUT2D eigenvalue weighted by molar-refractivity contribution is 5.95. The van der Waals surface area contributed by atoms with Crippen molar-refractivity contribution >= 4 is 24.2 Å². The van der Waals surface area contributed by atoms with Crippen LogP contribution in [-0.4, -0.2) is 29.8 Å². The van der Waals surface area contributed by atoms with E-state index in [1.165, 1.54) is 6.26 Å². The Balaban J connectivity index is 0.00000208. The summed E-state index contributed by atoms with van der Waals surface area (Å²) >= 11 is 0. The second kappa shape index (κ2) is 7.99. The van der Waals surface area contributed by atoms with Gasteiger partial charge >= 0.3 is 0 Å². The molecule has 0 spiro atoms. The quantitative estimate of drug-likeness (QED) is 0.885. The Morgan fingerprint density at radius 3 is 2.75 bits per heavy atom. The Hall–Kier alpha value is -2.31. The van der Waals surface area contributed by atoms with Gasteiger partial charge in [0.2, 0.25) is 5.91 Å². The van der Waals surface area contributed by atoms with Gasteiger partial charge in [-0.15, -0.1) is 12.4 Å². The summed E-state index contributed by atoms with van der Waals surface area (Å²) in [4.78, 5) is 26.5. The lowest BCUT2D eigenvalue weighted by molar-refractivity contribution is -0.121. The van der Waals surface area contributed by atoms with Crippen molar-refractivity contribution in [2.45, 2.75) is 19.0 Å². The predicted octanol–water partition coefficient (Wildman–Crippen LogP) is 1.86. The van der Waals surface area contributed by atoms with Crippen LogP contribution in [0.3, 0.4) is 0 Å². The van der Waals surface area contributed by atoms with E-state index < -0.39 is 0 Å². The van der Waals surface area contributed by atoms with E-state index in [4.69, 9.17) is 10.2 Å². The maximum atomic E-state index is 12.9. The molecule has 128 valence electrons. The molecule has 0 radical (unpaired) electrons. The zero-order valence-electron chi connectivity index (χ0n) is 13.1. The Morgan fingerprint density at radius 2 is 2.08 bits per heavy atom. The van der Waals surface area contributed by atoms with Crippen LogP contribution in [0.2, 0.25) is 0 Å². The van der Waals surface area contributed by atoms with Gasteiger partial charge in [-0.25, -0.2) is 0 Å². The van der Waals surface area contributed by atoms with Crippen LogP contribution in [0.15, 0.2) is 47.1 Å². The van der Waals surface area contributed by atoms with E-state index in [2.05, 4.69) is 5.32 Å². The normalized spacial score (nSPS) is 17.6. The molecule has 3 N–H and O–H groups in total. The molecule has 1 atom stereocenters. The lowest BCUT2D eigenvalue weighted by atomic mass is 10.0. The van der Waals surface area contributed by atoms with Crippen LogP contribution in [-0.2, 0) is 11.3 Å². The molecular formula is C17H20ClN3O3. The molecule has 6 nitrogen and oxygen atoms in total. The second-order valence-corrected chi connectivity index (χ2v) is 5.48. The molecule has 1 saturated heterocycles. The average Bonchev–Trinajstić information content (AvgIpc) is 2.98. The van der Waals surface area contributed by atoms with E-state index in [0.29, 0.717) is 24.4 Å². The number of benzene rings is 1. The van der Waals surface area contributed by atoms with Crippen LogP contribution in [0.4, 0.5) is 0 Å². The van der Waals surface area contributed by atoms with Crippen molar-refractivity contribution in [1.29, 1.82) is 0 Å². The zero-order chi connectivity index (χ0) is 16.2. The van der Waals surface area contributed by atoms with Crippen LogP contribution in [0.5, 0.6) is 0 Å². The van der Waals surface area contributed by atoms with Crippen LogP contribution in [0.1, 0.15) is 34.1 Å². The van der Waals surface area contributed by atoms with Crippen LogP contribution >= 0.6 is 12.4 Å². The molecule has 1 unspecified atom stereocenters. The molecule has 24 heavy (non-hydrogen) atoms. The third kappa shape index (κ3) is 3.77. The summed E-state index contributed by atoms with van der Waals surface area (Å²) < 4.78 is 5.26. The summed E-state index contributed by atoms with van der Waals surface area (Å²) in [6.07, 6.45) is 1.67. The van der Waals surface area contributed by atoms with Crippen LogP contribution in [0.25, 0.3) is 0 Å². The van der Waals surface area contributed by atoms with Crippen molar-refractivity contribution in [2.24, 2.45) is 5.73 Å². The fourth-order valence-electron chi connectivity index (χ4n) is 2.81. The number of nitrogens with two attached hydrogens (primary N) is 1. The van der Waals surface area contributed by atoms with E-state index in [1.807, 2.05) is 30.3 Å². The van der Waals surface area contributed by atoms with Gasteiger partial charge in [0.05, 0.1) is 24.6 Å². The third-order valence-electron chi connectivity index (χ3n) is 3.98. The third-order valence-corrected chi connectivity index (χ3v) is 3.98. The van der Waals surface area contributed by atoms with Crippen LogP contribution in [0, 0.1) is 0 Å². The zero-order valence-corrected chi connectivity index (χ0v) is 13.9. The SMILES string of the molecule is Cl.NCc1cc(C(=O)N2CCNC(=O)CC2c2ccccc2)co1. The summed E-state index contributed by atoms with van der Waals surface area (Å²) in [5, 5.41) is 2.82. The summed E-state index contributed by atoms with van der Waals surface area (Å²) in [5.74, 6) is 0.358. The molecule has 1 aliphatic heterocycles. The smallest absolute Gasteiger partial charge is 0.257 e. The van der Waals surface area contributed by atoms with Gasteiger partial charge in [0, 0.05) is 13.1 Å². The van der Waals surface area contributed by atoms with Gasteiger partial charge in [-0.3, -0.25) is 9.59 Å². The molecule has 1 aliphatic rings.